The van der Waals surface area contributed by atoms with Crippen molar-refractivity contribution in [3.63, 3.8) is 0 Å². The molecule has 1 aliphatic heterocycles. The summed E-state index contributed by atoms with van der Waals surface area (Å²) in [7, 11) is 2.16. The number of ether oxygens (including phenoxy) is 1. The Hall–Kier alpha value is -0.420. The summed E-state index contributed by atoms with van der Waals surface area (Å²) in [5.74, 6) is 0. The van der Waals surface area contributed by atoms with Crippen LogP contribution in [-0.2, 0) is 11.3 Å². The molecule has 84 valence electrons. The summed E-state index contributed by atoms with van der Waals surface area (Å²) in [5.41, 5.74) is 1.40. The maximum absolute atomic E-state index is 5.43. The summed E-state index contributed by atoms with van der Waals surface area (Å²) in [6.07, 6.45) is 0. The second-order valence-corrected chi connectivity index (χ2v) is 4.83. The summed E-state index contributed by atoms with van der Waals surface area (Å²) in [5, 5.41) is 7.81. The predicted molar refractivity (Wildman–Crippen MR) is 63.3 cm³/mol. The maximum atomic E-state index is 5.43. The number of hydrogen-bond acceptors (Lipinski definition) is 4. The van der Waals surface area contributed by atoms with E-state index in [1.165, 1.54) is 5.56 Å². The molecule has 2 heterocycles. The third-order valence-corrected chi connectivity index (χ3v) is 3.30. The van der Waals surface area contributed by atoms with Gasteiger partial charge < -0.3 is 15.0 Å². The van der Waals surface area contributed by atoms with E-state index in [1.807, 2.05) is 0 Å². The van der Waals surface area contributed by atoms with E-state index in [2.05, 4.69) is 34.1 Å². The zero-order valence-electron chi connectivity index (χ0n) is 9.11. The van der Waals surface area contributed by atoms with E-state index in [9.17, 15) is 0 Å². The van der Waals surface area contributed by atoms with E-state index in [1.54, 1.807) is 11.3 Å². The average molecular weight is 226 g/mol. The van der Waals surface area contributed by atoms with Gasteiger partial charge in [0.15, 0.2) is 0 Å². The number of likely N-dealkylation sites (N-methyl/N-ethyl adjacent to an activating group) is 1. The van der Waals surface area contributed by atoms with Crippen molar-refractivity contribution in [3.8, 4) is 0 Å². The monoisotopic (exact) mass is 226 g/mol. The van der Waals surface area contributed by atoms with Crippen molar-refractivity contribution in [1.82, 2.24) is 10.2 Å². The zero-order chi connectivity index (χ0) is 10.5. The first kappa shape index (κ1) is 11.1. The quantitative estimate of drug-likeness (QED) is 0.834. The summed E-state index contributed by atoms with van der Waals surface area (Å²) < 4.78 is 5.43. The van der Waals surface area contributed by atoms with E-state index in [-0.39, 0.29) is 0 Å². The minimum absolute atomic E-state index is 0.488. The van der Waals surface area contributed by atoms with Crippen LogP contribution >= 0.6 is 11.3 Å². The van der Waals surface area contributed by atoms with E-state index >= 15 is 0 Å². The Morgan fingerprint density at radius 3 is 3.27 bits per heavy atom. The Morgan fingerprint density at radius 1 is 1.67 bits per heavy atom. The Morgan fingerprint density at radius 2 is 2.60 bits per heavy atom. The molecule has 0 spiro atoms. The molecule has 0 saturated carbocycles. The molecule has 4 heteroatoms. The van der Waals surface area contributed by atoms with Crippen molar-refractivity contribution in [2.24, 2.45) is 0 Å². The molecule has 1 N–H and O–H groups in total. The van der Waals surface area contributed by atoms with E-state index < -0.39 is 0 Å². The van der Waals surface area contributed by atoms with Gasteiger partial charge in [-0.15, -0.1) is 0 Å². The van der Waals surface area contributed by atoms with Gasteiger partial charge in [-0.25, -0.2) is 0 Å². The zero-order valence-corrected chi connectivity index (χ0v) is 9.93. The van der Waals surface area contributed by atoms with Gasteiger partial charge in [-0.1, -0.05) is 0 Å². The third-order valence-electron chi connectivity index (χ3n) is 2.56. The van der Waals surface area contributed by atoms with Crippen LogP contribution in [0.4, 0.5) is 0 Å². The Balaban J connectivity index is 1.74. The van der Waals surface area contributed by atoms with Crippen LogP contribution in [0.2, 0.25) is 0 Å². The SMILES string of the molecule is CN(Cc1ccsc1)CC1COCCN1. The normalized spacial score (nSPS) is 22.1. The van der Waals surface area contributed by atoms with Gasteiger partial charge in [-0.2, -0.15) is 11.3 Å². The number of nitrogens with zero attached hydrogens (tertiary/aromatic N) is 1. The molecule has 1 aliphatic rings. The highest BCUT2D eigenvalue weighted by molar-refractivity contribution is 7.07. The minimum Gasteiger partial charge on any atom is -0.378 e. The lowest BCUT2D eigenvalue weighted by atomic mass is 10.2. The molecule has 1 aromatic rings. The third kappa shape index (κ3) is 3.57. The molecule has 15 heavy (non-hydrogen) atoms. The molecule has 1 atom stereocenters. The highest BCUT2D eigenvalue weighted by Crippen LogP contribution is 2.08. The Bertz CT molecular complexity index is 270. The lowest BCUT2D eigenvalue weighted by Crippen LogP contribution is -2.47. The first-order valence-corrected chi connectivity index (χ1v) is 6.29. The average Bonchev–Trinajstić information content (AvgIpc) is 2.71. The standard InChI is InChI=1S/C11H18N2OS/c1-13(6-10-2-5-15-9-10)7-11-8-14-4-3-12-11/h2,5,9,11-12H,3-4,6-8H2,1H3. The molecular weight excluding hydrogens is 208 g/mol. The van der Waals surface area contributed by atoms with Gasteiger partial charge in [0.25, 0.3) is 0 Å². The van der Waals surface area contributed by atoms with Crippen molar-refractivity contribution >= 4 is 11.3 Å². The maximum Gasteiger partial charge on any atom is 0.0632 e. The molecule has 1 unspecified atom stereocenters. The number of hydrogen-bond donors (Lipinski definition) is 1. The highest BCUT2D eigenvalue weighted by Gasteiger charge is 2.14. The van der Waals surface area contributed by atoms with Crippen molar-refractivity contribution < 1.29 is 4.74 Å². The molecule has 0 bridgehead atoms. The van der Waals surface area contributed by atoms with E-state index in [0.717, 1.165) is 32.8 Å². The summed E-state index contributed by atoms with van der Waals surface area (Å²) in [6.45, 7) is 4.76. The highest BCUT2D eigenvalue weighted by atomic mass is 32.1. The van der Waals surface area contributed by atoms with Crippen LogP contribution in [0.5, 0.6) is 0 Å². The smallest absolute Gasteiger partial charge is 0.0632 e. The fourth-order valence-corrected chi connectivity index (χ4v) is 2.53. The fourth-order valence-electron chi connectivity index (χ4n) is 1.87. The molecule has 1 saturated heterocycles. The van der Waals surface area contributed by atoms with Crippen LogP contribution in [0.3, 0.4) is 0 Å². The van der Waals surface area contributed by atoms with Gasteiger partial charge in [0, 0.05) is 25.7 Å². The Labute approximate surface area is 95.0 Å². The number of rotatable bonds is 4. The molecule has 0 radical (unpaired) electrons. The van der Waals surface area contributed by atoms with E-state index in [0.29, 0.717) is 6.04 Å². The van der Waals surface area contributed by atoms with Gasteiger partial charge in [0.2, 0.25) is 0 Å². The van der Waals surface area contributed by atoms with Crippen molar-refractivity contribution in [2.75, 3.05) is 33.4 Å². The van der Waals surface area contributed by atoms with Crippen molar-refractivity contribution in [1.29, 1.82) is 0 Å². The van der Waals surface area contributed by atoms with Crippen LogP contribution in [0.1, 0.15) is 5.56 Å². The largest absolute Gasteiger partial charge is 0.378 e. The molecule has 0 aliphatic carbocycles. The molecule has 0 amide bonds. The summed E-state index contributed by atoms with van der Waals surface area (Å²) in [4.78, 5) is 2.34. The first-order chi connectivity index (χ1) is 7.34. The lowest BCUT2D eigenvalue weighted by molar-refractivity contribution is 0.0645. The van der Waals surface area contributed by atoms with Gasteiger partial charge in [0.1, 0.15) is 0 Å². The minimum atomic E-state index is 0.488. The van der Waals surface area contributed by atoms with Crippen LogP contribution in [-0.4, -0.2) is 44.3 Å². The topological polar surface area (TPSA) is 24.5 Å². The van der Waals surface area contributed by atoms with Gasteiger partial charge >= 0.3 is 0 Å². The fraction of sp³-hybridized carbons (Fsp3) is 0.636. The second kappa shape index (κ2) is 5.61. The Kier molecular flexibility index (Phi) is 4.14. The van der Waals surface area contributed by atoms with Crippen LogP contribution in [0.25, 0.3) is 0 Å². The van der Waals surface area contributed by atoms with Gasteiger partial charge in [-0.3, -0.25) is 0 Å². The molecule has 1 aromatic heterocycles. The summed E-state index contributed by atoms with van der Waals surface area (Å²) in [6, 6.07) is 2.67. The number of morpholine rings is 1. The molecule has 2 rings (SSSR count). The first-order valence-electron chi connectivity index (χ1n) is 5.35. The number of thiophene rings is 1. The summed E-state index contributed by atoms with van der Waals surface area (Å²) >= 11 is 1.76. The van der Waals surface area contributed by atoms with Gasteiger partial charge in [0.05, 0.1) is 13.2 Å². The van der Waals surface area contributed by atoms with Crippen LogP contribution < -0.4 is 5.32 Å². The lowest BCUT2D eigenvalue weighted by Gasteiger charge is -2.28. The van der Waals surface area contributed by atoms with Gasteiger partial charge in [-0.05, 0) is 29.4 Å². The molecule has 0 aromatic carbocycles. The predicted octanol–water partition coefficient (Wildman–Crippen LogP) is 1.17. The number of nitrogens with one attached hydrogen (secondary N) is 1. The van der Waals surface area contributed by atoms with Crippen molar-refractivity contribution in [3.05, 3.63) is 22.4 Å². The molecule has 1 fully saturated rings. The molecular formula is C11H18N2OS. The van der Waals surface area contributed by atoms with Crippen LogP contribution in [0, 0.1) is 0 Å². The van der Waals surface area contributed by atoms with Crippen molar-refractivity contribution in [2.45, 2.75) is 12.6 Å². The van der Waals surface area contributed by atoms with E-state index in [4.69, 9.17) is 4.74 Å². The van der Waals surface area contributed by atoms with Crippen LogP contribution in [0.15, 0.2) is 16.8 Å². The molecule has 3 nitrogen and oxygen atoms in total. The second-order valence-electron chi connectivity index (χ2n) is 4.05.